The summed E-state index contributed by atoms with van der Waals surface area (Å²) in [6.07, 6.45) is 1.79. The van der Waals surface area contributed by atoms with Crippen molar-refractivity contribution in [2.24, 2.45) is 0 Å². The minimum atomic E-state index is -1.01. The highest BCUT2D eigenvalue weighted by molar-refractivity contribution is 6.07. The van der Waals surface area contributed by atoms with Crippen LogP contribution in [-0.4, -0.2) is 39.5 Å². The molecule has 20 heavy (non-hydrogen) atoms. The highest BCUT2D eigenvalue weighted by atomic mass is 16.4. The number of para-hydroxylation sites is 1. The Labute approximate surface area is 117 Å². The molecule has 0 saturated carbocycles. The lowest BCUT2D eigenvalue weighted by Crippen LogP contribution is -2.40. The van der Waals surface area contributed by atoms with E-state index in [0.717, 1.165) is 17.4 Å². The molecule has 0 aliphatic heterocycles. The number of fused-ring (bicyclic) bond motifs is 1. The smallest absolute Gasteiger partial charge is 0.326 e. The lowest BCUT2D eigenvalue weighted by molar-refractivity contribution is -0.141. The number of carboxylic acids is 1. The van der Waals surface area contributed by atoms with E-state index in [9.17, 15) is 9.59 Å². The highest BCUT2D eigenvalue weighted by Gasteiger charge is 2.25. The van der Waals surface area contributed by atoms with E-state index in [1.807, 2.05) is 35.8 Å². The molecule has 106 valence electrons. The first-order chi connectivity index (χ1) is 9.47. The normalized spacial score (nSPS) is 12.3. The zero-order valence-electron chi connectivity index (χ0n) is 11.8. The third-order valence-corrected chi connectivity index (χ3v) is 3.62. The molecule has 0 aliphatic carbocycles. The number of carbonyl (C=O) groups is 2. The molecule has 0 fully saturated rings. The summed E-state index contributed by atoms with van der Waals surface area (Å²) in [5, 5.41) is 9.86. The largest absolute Gasteiger partial charge is 0.480 e. The highest BCUT2D eigenvalue weighted by Crippen LogP contribution is 2.23. The van der Waals surface area contributed by atoms with Crippen LogP contribution >= 0.6 is 0 Å². The maximum atomic E-state index is 12.5. The van der Waals surface area contributed by atoms with Gasteiger partial charge in [0.2, 0.25) is 0 Å². The molecule has 5 nitrogen and oxygen atoms in total. The number of rotatable bonds is 4. The number of benzene rings is 1. The van der Waals surface area contributed by atoms with Crippen molar-refractivity contribution in [2.75, 3.05) is 7.05 Å². The van der Waals surface area contributed by atoms with Gasteiger partial charge in [-0.05, 0) is 19.9 Å². The minimum absolute atomic E-state index is 0.275. The number of aliphatic carboxylic acids is 1. The van der Waals surface area contributed by atoms with Crippen molar-refractivity contribution in [1.29, 1.82) is 0 Å². The first kappa shape index (κ1) is 14.1. The second kappa shape index (κ2) is 5.36. The summed E-state index contributed by atoms with van der Waals surface area (Å²) in [6, 6.07) is 6.78. The summed E-state index contributed by atoms with van der Waals surface area (Å²) in [5.74, 6) is -1.29. The van der Waals surface area contributed by atoms with Crippen LogP contribution in [0.3, 0.4) is 0 Å². The Kier molecular flexibility index (Phi) is 3.79. The van der Waals surface area contributed by atoms with Crippen LogP contribution in [0.5, 0.6) is 0 Å². The van der Waals surface area contributed by atoms with Crippen LogP contribution in [0.1, 0.15) is 24.2 Å². The van der Waals surface area contributed by atoms with Crippen molar-refractivity contribution in [2.45, 2.75) is 26.4 Å². The Hall–Kier alpha value is -2.30. The van der Waals surface area contributed by atoms with Crippen LogP contribution in [-0.2, 0) is 11.3 Å². The third kappa shape index (κ3) is 2.27. The zero-order chi connectivity index (χ0) is 14.9. The number of nitrogens with zero attached hydrogens (tertiary/aromatic N) is 2. The molecule has 0 radical (unpaired) electrons. The lowest BCUT2D eigenvalue weighted by Gasteiger charge is -2.21. The topological polar surface area (TPSA) is 62.5 Å². The van der Waals surface area contributed by atoms with Crippen LogP contribution in [0.15, 0.2) is 30.5 Å². The Bertz CT molecular complexity index is 660. The molecule has 1 unspecified atom stereocenters. The number of aryl methyl sites for hydroxylation is 1. The number of hydrogen-bond donors (Lipinski definition) is 1. The van der Waals surface area contributed by atoms with Gasteiger partial charge in [0.1, 0.15) is 6.04 Å². The number of likely N-dealkylation sites (N-methyl/N-ethyl adjacent to an activating group) is 1. The Morgan fingerprint density at radius 3 is 2.60 bits per heavy atom. The molecule has 1 aromatic heterocycles. The Morgan fingerprint density at radius 2 is 2.00 bits per heavy atom. The van der Waals surface area contributed by atoms with E-state index in [2.05, 4.69) is 0 Å². The number of amides is 1. The molecular weight excluding hydrogens is 256 g/mol. The fraction of sp³-hybridized carbons (Fsp3) is 0.333. The average molecular weight is 274 g/mol. The monoisotopic (exact) mass is 274 g/mol. The predicted octanol–water partition coefficient (Wildman–Crippen LogP) is 2.21. The van der Waals surface area contributed by atoms with Gasteiger partial charge in [0.05, 0.1) is 5.56 Å². The molecule has 1 aromatic carbocycles. The quantitative estimate of drug-likeness (QED) is 0.929. The van der Waals surface area contributed by atoms with Crippen LogP contribution in [0, 0.1) is 0 Å². The van der Waals surface area contributed by atoms with Crippen molar-refractivity contribution < 1.29 is 14.7 Å². The van der Waals surface area contributed by atoms with Gasteiger partial charge in [-0.2, -0.15) is 0 Å². The second-order valence-corrected chi connectivity index (χ2v) is 4.78. The van der Waals surface area contributed by atoms with Crippen LogP contribution in [0.25, 0.3) is 10.9 Å². The van der Waals surface area contributed by atoms with E-state index in [0.29, 0.717) is 5.56 Å². The lowest BCUT2D eigenvalue weighted by atomic mass is 10.1. The molecule has 2 aromatic rings. The van der Waals surface area contributed by atoms with Crippen molar-refractivity contribution in [3.8, 4) is 0 Å². The minimum Gasteiger partial charge on any atom is -0.480 e. The van der Waals surface area contributed by atoms with Gasteiger partial charge in [0, 0.05) is 30.7 Å². The van der Waals surface area contributed by atoms with E-state index in [-0.39, 0.29) is 5.91 Å². The van der Waals surface area contributed by atoms with Gasteiger partial charge in [-0.25, -0.2) is 4.79 Å². The summed E-state index contributed by atoms with van der Waals surface area (Å²) < 4.78 is 1.99. The molecular formula is C15H18N2O3. The first-order valence-corrected chi connectivity index (χ1v) is 6.55. The molecule has 0 spiro atoms. The maximum Gasteiger partial charge on any atom is 0.326 e. The average Bonchev–Trinajstić information content (AvgIpc) is 2.83. The molecule has 1 N–H and O–H groups in total. The SMILES string of the molecule is CCn1cc(C(=O)N(C)C(C)C(=O)O)c2ccccc21. The van der Waals surface area contributed by atoms with Gasteiger partial charge in [0.15, 0.2) is 0 Å². The summed E-state index contributed by atoms with van der Waals surface area (Å²) >= 11 is 0. The zero-order valence-corrected chi connectivity index (χ0v) is 11.8. The molecule has 5 heteroatoms. The van der Waals surface area contributed by atoms with E-state index in [1.54, 1.807) is 6.20 Å². The number of carboxylic acid groups (broad SMARTS) is 1. The van der Waals surface area contributed by atoms with Gasteiger partial charge < -0.3 is 14.6 Å². The van der Waals surface area contributed by atoms with Gasteiger partial charge in [-0.3, -0.25) is 4.79 Å². The number of aromatic nitrogens is 1. The first-order valence-electron chi connectivity index (χ1n) is 6.55. The van der Waals surface area contributed by atoms with E-state index >= 15 is 0 Å². The standard InChI is InChI=1S/C15H18N2O3/c1-4-17-9-12(11-7-5-6-8-13(11)17)14(18)16(3)10(2)15(19)20/h5-10H,4H2,1-3H3,(H,19,20). The van der Waals surface area contributed by atoms with Crippen molar-refractivity contribution in [3.63, 3.8) is 0 Å². The van der Waals surface area contributed by atoms with Crippen LogP contribution < -0.4 is 0 Å². The summed E-state index contributed by atoms with van der Waals surface area (Å²) in [5.41, 5.74) is 1.52. The molecule has 0 aliphatic rings. The van der Waals surface area contributed by atoms with Crippen molar-refractivity contribution >= 4 is 22.8 Å². The second-order valence-electron chi connectivity index (χ2n) is 4.78. The van der Waals surface area contributed by atoms with Crippen molar-refractivity contribution in [1.82, 2.24) is 9.47 Å². The van der Waals surface area contributed by atoms with E-state index in [1.165, 1.54) is 18.9 Å². The van der Waals surface area contributed by atoms with Crippen LogP contribution in [0.2, 0.25) is 0 Å². The van der Waals surface area contributed by atoms with Crippen molar-refractivity contribution in [3.05, 3.63) is 36.0 Å². The molecule has 0 bridgehead atoms. The van der Waals surface area contributed by atoms with E-state index < -0.39 is 12.0 Å². The molecule has 1 amide bonds. The summed E-state index contributed by atoms with van der Waals surface area (Å²) in [6.45, 7) is 4.26. The maximum absolute atomic E-state index is 12.5. The van der Waals surface area contributed by atoms with Crippen LogP contribution in [0.4, 0.5) is 0 Å². The summed E-state index contributed by atoms with van der Waals surface area (Å²) in [4.78, 5) is 24.7. The van der Waals surface area contributed by atoms with Gasteiger partial charge in [-0.1, -0.05) is 18.2 Å². The van der Waals surface area contributed by atoms with Gasteiger partial charge in [-0.15, -0.1) is 0 Å². The van der Waals surface area contributed by atoms with Gasteiger partial charge >= 0.3 is 5.97 Å². The number of hydrogen-bond acceptors (Lipinski definition) is 2. The molecule has 0 saturated heterocycles. The van der Waals surface area contributed by atoms with E-state index in [4.69, 9.17) is 5.11 Å². The summed E-state index contributed by atoms with van der Waals surface area (Å²) in [7, 11) is 1.51. The molecule has 1 heterocycles. The Morgan fingerprint density at radius 1 is 1.35 bits per heavy atom. The fourth-order valence-corrected chi connectivity index (χ4v) is 2.21. The molecule has 1 atom stereocenters. The fourth-order valence-electron chi connectivity index (χ4n) is 2.21. The number of carbonyl (C=O) groups excluding carboxylic acids is 1. The third-order valence-electron chi connectivity index (χ3n) is 3.62. The van der Waals surface area contributed by atoms with Gasteiger partial charge in [0.25, 0.3) is 5.91 Å². The predicted molar refractivity (Wildman–Crippen MR) is 76.8 cm³/mol. The molecule has 2 rings (SSSR count). The Balaban J connectivity index is 2.47.